The van der Waals surface area contributed by atoms with Gasteiger partial charge in [0.1, 0.15) is 11.8 Å². The van der Waals surface area contributed by atoms with Gasteiger partial charge in [0.2, 0.25) is 0 Å². The molecule has 2 rings (SSSR count). The van der Waals surface area contributed by atoms with Crippen LogP contribution >= 0.6 is 0 Å². The van der Waals surface area contributed by atoms with Gasteiger partial charge in [0.05, 0.1) is 19.0 Å². The Balaban J connectivity index is 2.01. The summed E-state index contributed by atoms with van der Waals surface area (Å²) >= 11 is 0. The van der Waals surface area contributed by atoms with E-state index in [9.17, 15) is 24.6 Å². The van der Waals surface area contributed by atoms with Gasteiger partial charge in [-0.3, -0.25) is 14.7 Å². The number of carbonyl (C=O) groups is 3. The van der Waals surface area contributed by atoms with Crippen LogP contribution in [0.2, 0.25) is 0 Å². The molecule has 1 atom stereocenters. The highest BCUT2D eigenvalue weighted by atomic mass is 16.5. The Morgan fingerprint density at radius 2 is 1.90 bits per heavy atom. The van der Waals surface area contributed by atoms with Crippen LogP contribution in [-0.4, -0.2) is 57.8 Å². The van der Waals surface area contributed by atoms with Gasteiger partial charge >= 0.3 is 12.1 Å². The molecular weight excluding hydrogens is 402 g/mol. The molecule has 9 heteroatoms. The minimum atomic E-state index is -1.28. The van der Waals surface area contributed by atoms with Gasteiger partial charge in [0.15, 0.2) is 0 Å². The summed E-state index contributed by atoms with van der Waals surface area (Å²) in [4.78, 5) is 40.7. The van der Waals surface area contributed by atoms with Gasteiger partial charge in [-0.15, -0.1) is 0 Å². The van der Waals surface area contributed by atoms with Crippen LogP contribution in [-0.2, 0) is 11.2 Å². The van der Waals surface area contributed by atoms with E-state index in [4.69, 9.17) is 4.74 Å². The van der Waals surface area contributed by atoms with Crippen molar-refractivity contribution in [3.05, 3.63) is 53.9 Å². The number of amides is 2. The van der Waals surface area contributed by atoms with Gasteiger partial charge in [-0.05, 0) is 42.7 Å². The van der Waals surface area contributed by atoms with Crippen LogP contribution < -0.4 is 10.1 Å². The third-order valence-electron chi connectivity index (χ3n) is 4.63. The van der Waals surface area contributed by atoms with Gasteiger partial charge in [-0.2, -0.15) is 0 Å². The van der Waals surface area contributed by atoms with Crippen molar-refractivity contribution in [3.63, 3.8) is 0 Å². The molecule has 0 radical (unpaired) electrons. The Kier molecular flexibility index (Phi) is 8.36. The molecule has 0 bridgehead atoms. The van der Waals surface area contributed by atoms with E-state index in [1.54, 1.807) is 36.4 Å². The van der Waals surface area contributed by atoms with Gasteiger partial charge in [0, 0.05) is 24.2 Å². The molecule has 9 nitrogen and oxygen atoms in total. The lowest BCUT2D eigenvalue weighted by atomic mass is 10.0. The van der Waals surface area contributed by atoms with E-state index in [1.807, 2.05) is 13.8 Å². The summed E-state index contributed by atoms with van der Waals surface area (Å²) in [5, 5.41) is 21.6. The summed E-state index contributed by atoms with van der Waals surface area (Å²) in [5.74, 6) is -0.877. The third-order valence-corrected chi connectivity index (χ3v) is 4.63. The summed E-state index contributed by atoms with van der Waals surface area (Å²) in [6, 6.07) is 8.95. The van der Waals surface area contributed by atoms with Crippen molar-refractivity contribution < 1.29 is 29.3 Å². The number of methoxy groups -OCH3 is 1. The number of hydrogen-bond donors (Lipinski definition) is 3. The molecule has 1 aromatic carbocycles. The number of carbonyl (C=O) groups excluding carboxylic acids is 1. The minimum absolute atomic E-state index is 0.00152. The number of pyridine rings is 1. The first-order valence-electron chi connectivity index (χ1n) is 9.84. The number of aliphatic carboxylic acids is 1. The topological polar surface area (TPSA) is 129 Å². The zero-order valence-corrected chi connectivity index (χ0v) is 17.7. The molecule has 0 aliphatic carbocycles. The van der Waals surface area contributed by atoms with Gasteiger partial charge in [-0.1, -0.05) is 19.9 Å². The summed E-state index contributed by atoms with van der Waals surface area (Å²) in [6.45, 7) is 3.69. The Labute approximate surface area is 180 Å². The number of nitrogens with one attached hydrogen (secondary N) is 1. The number of anilines is 1. The van der Waals surface area contributed by atoms with Crippen LogP contribution in [0.25, 0.3) is 0 Å². The average Bonchev–Trinajstić information content (AvgIpc) is 2.73. The molecule has 2 aromatic rings. The minimum Gasteiger partial charge on any atom is -0.497 e. The van der Waals surface area contributed by atoms with Crippen LogP contribution in [0.1, 0.15) is 36.3 Å². The first-order valence-corrected chi connectivity index (χ1v) is 9.84. The van der Waals surface area contributed by atoms with Crippen LogP contribution in [0, 0.1) is 5.92 Å². The van der Waals surface area contributed by atoms with Crippen LogP contribution in [0.15, 0.2) is 42.6 Å². The number of aromatic nitrogens is 1. The maximum absolute atomic E-state index is 12.4. The molecule has 2 amide bonds. The fraction of sp³-hybridized carbons (Fsp3) is 0.364. The fourth-order valence-electron chi connectivity index (χ4n) is 3.04. The lowest BCUT2D eigenvalue weighted by molar-refractivity contribution is -0.143. The first kappa shape index (κ1) is 23.7. The van der Waals surface area contributed by atoms with Crippen molar-refractivity contribution in [2.24, 2.45) is 5.92 Å². The molecular formula is C22H27N3O6. The van der Waals surface area contributed by atoms with Crippen molar-refractivity contribution in [1.29, 1.82) is 0 Å². The van der Waals surface area contributed by atoms with Crippen LogP contribution in [0.3, 0.4) is 0 Å². The highest BCUT2D eigenvalue weighted by molar-refractivity contribution is 6.04. The van der Waals surface area contributed by atoms with E-state index in [-0.39, 0.29) is 31.2 Å². The summed E-state index contributed by atoms with van der Waals surface area (Å²) < 4.78 is 5.11. The summed E-state index contributed by atoms with van der Waals surface area (Å²) in [6.07, 6.45) is 0.666. The predicted molar refractivity (Wildman–Crippen MR) is 114 cm³/mol. The maximum Gasteiger partial charge on any atom is 0.408 e. The molecule has 1 unspecified atom stereocenters. The second-order valence-corrected chi connectivity index (χ2v) is 7.43. The number of carboxylic acids is 1. The summed E-state index contributed by atoms with van der Waals surface area (Å²) in [5.41, 5.74) is 1.50. The highest BCUT2D eigenvalue weighted by Gasteiger charge is 2.30. The standard InChI is InChI=1S/C22H27N3O6/c1-14(2)11-19(21(27)28)25(22(29)30)10-9-16-7-8-17(13-23-16)24-20(26)15-5-4-6-18(12-15)31-3/h4-8,12-14,19H,9-11H2,1-3H3,(H,24,26)(H,27,28)(H,29,30). The normalized spacial score (nSPS) is 11.6. The van der Waals surface area contributed by atoms with Crippen molar-refractivity contribution in [2.75, 3.05) is 19.0 Å². The van der Waals surface area contributed by atoms with E-state index in [0.29, 0.717) is 22.7 Å². The van der Waals surface area contributed by atoms with Crippen LogP contribution in [0.4, 0.5) is 10.5 Å². The predicted octanol–water partition coefficient (Wildman–Crippen LogP) is 3.36. The molecule has 0 fully saturated rings. The Morgan fingerprint density at radius 3 is 2.45 bits per heavy atom. The number of nitrogens with zero attached hydrogens (tertiary/aromatic N) is 2. The number of ether oxygens (including phenoxy) is 1. The monoisotopic (exact) mass is 429 g/mol. The molecule has 0 saturated carbocycles. The molecule has 166 valence electrons. The Bertz CT molecular complexity index is 914. The molecule has 0 saturated heterocycles. The molecule has 3 N–H and O–H groups in total. The van der Waals surface area contributed by atoms with E-state index in [0.717, 1.165) is 4.90 Å². The zero-order chi connectivity index (χ0) is 23.0. The van der Waals surface area contributed by atoms with Gasteiger partial charge < -0.3 is 20.3 Å². The van der Waals surface area contributed by atoms with Crippen molar-refractivity contribution in [1.82, 2.24) is 9.88 Å². The van der Waals surface area contributed by atoms with E-state index in [1.165, 1.54) is 13.3 Å². The maximum atomic E-state index is 12.4. The summed E-state index contributed by atoms with van der Waals surface area (Å²) in [7, 11) is 1.52. The smallest absolute Gasteiger partial charge is 0.408 e. The van der Waals surface area contributed by atoms with Crippen molar-refractivity contribution >= 4 is 23.7 Å². The van der Waals surface area contributed by atoms with Gasteiger partial charge in [0.25, 0.3) is 5.91 Å². The fourth-order valence-corrected chi connectivity index (χ4v) is 3.04. The molecule has 31 heavy (non-hydrogen) atoms. The van der Waals surface area contributed by atoms with Crippen LogP contribution in [0.5, 0.6) is 5.75 Å². The highest BCUT2D eigenvalue weighted by Crippen LogP contribution is 2.16. The number of hydrogen-bond acceptors (Lipinski definition) is 5. The molecule has 1 heterocycles. The SMILES string of the molecule is COc1cccc(C(=O)Nc2ccc(CCN(C(=O)O)C(CC(C)C)C(=O)O)nc2)c1. The van der Waals surface area contributed by atoms with Gasteiger partial charge in [-0.25, -0.2) is 9.59 Å². The van der Waals surface area contributed by atoms with Crippen molar-refractivity contribution in [3.8, 4) is 5.75 Å². The number of benzene rings is 1. The molecule has 0 aliphatic heterocycles. The first-order chi connectivity index (χ1) is 14.7. The molecule has 0 aliphatic rings. The van der Waals surface area contributed by atoms with E-state index < -0.39 is 18.1 Å². The Hall–Kier alpha value is -3.62. The van der Waals surface area contributed by atoms with E-state index >= 15 is 0 Å². The average molecular weight is 429 g/mol. The quantitative estimate of drug-likeness (QED) is 0.528. The molecule has 1 aromatic heterocycles. The molecule has 0 spiro atoms. The van der Waals surface area contributed by atoms with E-state index in [2.05, 4.69) is 10.3 Å². The largest absolute Gasteiger partial charge is 0.497 e. The second-order valence-electron chi connectivity index (χ2n) is 7.43. The zero-order valence-electron chi connectivity index (χ0n) is 17.7. The third kappa shape index (κ3) is 6.98. The Morgan fingerprint density at radius 1 is 1.16 bits per heavy atom. The second kappa shape index (κ2) is 11.0. The number of carboxylic acid groups (broad SMARTS) is 2. The lowest BCUT2D eigenvalue weighted by Gasteiger charge is -2.27. The number of rotatable bonds is 10. The lowest BCUT2D eigenvalue weighted by Crippen LogP contribution is -2.46. The van der Waals surface area contributed by atoms with Crippen molar-refractivity contribution in [2.45, 2.75) is 32.7 Å².